The van der Waals surface area contributed by atoms with Crippen LogP contribution in [0.1, 0.15) is 6.92 Å². The third kappa shape index (κ3) is 6.62. The van der Waals surface area contributed by atoms with Gasteiger partial charge in [0.2, 0.25) is 5.95 Å². The number of hydrogen-bond donors (Lipinski definition) is 1. The Morgan fingerprint density at radius 1 is 1.10 bits per heavy atom. The van der Waals surface area contributed by atoms with Crippen molar-refractivity contribution in [2.45, 2.75) is 13.0 Å². The van der Waals surface area contributed by atoms with E-state index < -0.39 is 0 Å². The van der Waals surface area contributed by atoms with Crippen LogP contribution >= 0.6 is 24.0 Å². The van der Waals surface area contributed by atoms with Crippen molar-refractivity contribution in [3.05, 3.63) is 42.7 Å². The smallest absolute Gasteiger partial charge is 0.225 e. The second kappa shape index (κ2) is 11.6. The molecule has 1 aromatic heterocycles. The summed E-state index contributed by atoms with van der Waals surface area (Å²) in [6.07, 6.45) is 3.56. The number of rotatable bonds is 6. The number of nitrogens with one attached hydrogen (secondary N) is 1. The highest BCUT2D eigenvalue weighted by molar-refractivity contribution is 14.0. The van der Waals surface area contributed by atoms with Gasteiger partial charge >= 0.3 is 0 Å². The second-order valence-electron chi connectivity index (χ2n) is 6.55. The van der Waals surface area contributed by atoms with Gasteiger partial charge in [0.25, 0.3) is 0 Å². The van der Waals surface area contributed by atoms with Crippen molar-refractivity contribution in [2.24, 2.45) is 4.99 Å². The number of anilines is 1. The van der Waals surface area contributed by atoms with Crippen molar-refractivity contribution in [3.8, 4) is 11.5 Å². The summed E-state index contributed by atoms with van der Waals surface area (Å²) in [6, 6.07) is 9.44. The normalized spacial score (nSPS) is 15.3. The molecule has 1 aliphatic rings. The van der Waals surface area contributed by atoms with Gasteiger partial charge in [-0.3, -0.25) is 4.99 Å². The second-order valence-corrected chi connectivity index (χ2v) is 6.55. The molecule has 2 aromatic rings. The molecule has 3 rings (SSSR count). The Balaban J connectivity index is 0.00000300. The predicted octanol–water partition coefficient (Wildman–Crippen LogP) is 2.27. The van der Waals surface area contributed by atoms with Gasteiger partial charge in [-0.05, 0) is 37.3 Å². The number of halogens is 1. The number of methoxy groups -OCH3 is 1. The molecule has 0 amide bonds. The van der Waals surface area contributed by atoms with E-state index in [1.165, 1.54) is 0 Å². The molecule has 0 radical (unpaired) electrons. The van der Waals surface area contributed by atoms with Crippen molar-refractivity contribution >= 4 is 35.9 Å². The fourth-order valence-electron chi connectivity index (χ4n) is 3.07. The van der Waals surface area contributed by atoms with Crippen LogP contribution in [0.2, 0.25) is 0 Å². The van der Waals surface area contributed by atoms with Gasteiger partial charge in [-0.15, -0.1) is 24.0 Å². The minimum absolute atomic E-state index is 0. The van der Waals surface area contributed by atoms with Crippen molar-refractivity contribution in [2.75, 3.05) is 51.8 Å². The lowest BCUT2D eigenvalue weighted by atomic mass is 10.3. The van der Waals surface area contributed by atoms with Crippen LogP contribution in [0.5, 0.6) is 11.5 Å². The molecular weight excluding hydrogens is 483 g/mol. The maximum Gasteiger partial charge on any atom is 0.225 e. The van der Waals surface area contributed by atoms with Crippen LogP contribution < -0.4 is 19.7 Å². The number of nitrogens with zero attached hydrogens (tertiary/aromatic N) is 5. The quantitative estimate of drug-likeness (QED) is 0.362. The monoisotopic (exact) mass is 512 g/mol. The van der Waals surface area contributed by atoms with Gasteiger partial charge < -0.3 is 24.6 Å². The van der Waals surface area contributed by atoms with Crippen LogP contribution in [0.4, 0.5) is 5.95 Å². The molecule has 1 saturated heterocycles. The first-order chi connectivity index (χ1) is 13.7. The highest BCUT2D eigenvalue weighted by Crippen LogP contribution is 2.18. The largest absolute Gasteiger partial charge is 0.497 e. The molecule has 9 heteroatoms. The average Bonchev–Trinajstić information content (AvgIpc) is 2.76. The van der Waals surface area contributed by atoms with Gasteiger partial charge in [-0.1, -0.05) is 0 Å². The zero-order chi connectivity index (χ0) is 19.8. The first-order valence-electron chi connectivity index (χ1n) is 9.48. The number of guanidine groups is 1. The van der Waals surface area contributed by atoms with E-state index in [0.29, 0.717) is 6.54 Å². The summed E-state index contributed by atoms with van der Waals surface area (Å²) in [4.78, 5) is 17.5. The Morgan fingerprint density at radius 3 is 2.31 bits per heavy atom. The van der Waals surface area contributed by atoms with Gasteiger partial charge in [0.05, 0.1) is 13.7 Å². The SMILES string of the molecule is CN=C(NCC(C)Oc1ccc(OC)cc1)N1CCN(c2ncccn2)CC1.I. The molecule has 0 saturated carbocycles. The molecule has 0 aliphatic carbocycles. The summed E-state index contributed by atoms with van der Waals surface area (Å²) < 4.78 is 11.1. The van der Waals surface area contributed by atoms with Gasteiger partial charge in [0.1, 0.15) is 17.6 Å². The molecule has 1 aromatic carbocycles. The average molecular weight is 512 g/mol. The van der Waals surface area contributed by atoms with Crippen LogP contribution in [0, 0.1) is 0 Å². The molecule has 1 atom stereocenters. The topological polar surface area (TPSA) is 75.1 Å². The van der Waals surface area contributed by atoms with E-state index in [0.717, 1.165) is 49.6 Å². The number of aliphatic imine (C=N–C) groups is 1. The molecule has 0 bridgehead atoms. The Labute approximate surface area is 189 Å². The molecule has 1 unspecified atom stereocenters. The van der Waals surface area contributed by atoms with Crippen LogP contribution in [0.15, 0.2) is 47.7 Å². The number of benzene rings is 1. The van der Waals surface area contributed by atoms with Crippen molar-refractivity contribution in [1.82, 2.24) is 20.2 Å². The van der Waals surface area contributed by atoms with E-state index in [-0.39, 0.29) is 30.1 Å². The van der Waals surface area contributed by atoms with Crippen LogP contribution in [0.3, 0.4) is 0 Å². The number of hydrogen-bond acceptors (Lipinski definition) is 6. The van der Waals surface area contributed by atoms with Crippen LogP contribution in [0.25, 0.3) is 0 Å². The molecular formula is C20H29IN6O2. The predicted molar refractivity (Wildman–Crippen MR) is 126 cm³/mol. The van der Waals surface area contributed by atoms with E-state index in [9.17, 15) is 0 Å². The Kier molecular flexibility index (Phi) is 9.23. The molecule has 2 heterocycles. The van der Waals surface area contributed by atoms with Crippen molar-refractivity contribution < 1.29 is 9.47 Å². The van der Waals surface area contributed by atoms with Gasteiger partial charge in [-0.25, -0.2) is 9.97 Å². The Morgan fingerprint density at radius 2 is 1.72 bits per heavy atom. The third-order valence-corrected chi connectivity index (χ3v) is 4.57. The molecule has 0 spiro atoms. The molecule has 1 fully saturated rings. The summed E-state index contributed by atoms with van der Waals surface area (Å²) in [7, 11) is 3.46. The number of ether oxygens (including phenoxy) is 2. The Bertz CT molecular complexity index is 751. The van der Waals surface area contributed by atoms with Crippen molar-refractivity contribution in [3.63, 3.8) is 0 Å². The third-order valence-electron chi connectivity index (χ3n) is 4.57. The van der Waals surface area contributed by atoms with Crippen LogP contribution in [-0.2, 0) is 0 Å². The van der Waals surface area contributed by atoms with Crippen LogP contribution in [-0.4, -0.2) is 73.8 Å². The fourth-order valence-corrected chi connectivity index (χ4v) is 3.07. The minimum atomic E-state index is 0. The highest BCUT2D eigenvalue weighted by Gasteiger charge is 2.21. The van der Waals surface area contributed by atoms with Gasteiger partial charge in [-0.2, -0.15) is 0 Å². The standard InChI is InChI=1S/C20H28N6O2.HI/c1-16(28-18-7-5-17(27-3)6-8-18)15-24-19(21-2)25-11-13-26(14-12-25)20-22-9-4-10-23-20;/h4-10,16H,11-15H2,1-3H3,(H,21,24);1H. The number of piperazine rings is 1. The zero-order valence-electron chi connectivity index (χ0n) is 17.1. The lowest BCUT2D eigenvalue weighted by Gasteiger charge is -2.36. The van der Waals surface area contributed by atoms with Gasteiger partial charge in [0.15, 0.2) is 5.96 Å². The lowest BCUT2D eigenvalue weighted by molar-refractivity contribution is 0.221. The highest BCUT2D eigenvalue weighted by atomic mass is 127. The Hall–Kier alpha value is -2.30. The van der Waals surface area contributed by atoms with E-state index in [1.54, 1.807) is 19.5 Å². The molecule has 8 nitrogen and oxygen atoms in total. The molecule has 1 N–H and O–H groups in total. The minimum Gasteiger partial charge on any atom is -0.497 e. The van der Waals surface area contributed by atoms with E-state index in [2.05, 4.69) is 30.1 Å². The van der Waals surface area contributed by atoms with Gasteiger partial charge in [0, 0.05) is 45.6 Å². The summed E-state index contributed by atoms with van der Waals surface area (Å²) in [5, 5.41) is 3.41. The molecule has 158 valence electrons. The summed E-state index contributed by atoms with van der Waals surface area (Å²) in [5.41, 5.74) is 0. The summed E-state index contributed by atoms with van der Waals surface area (Å²) in [5.74, 6) is 3.31. The van der Waals surface area contributed by atoms with Crippen molar-refractivity contribution in [1.29, 1.82) is 0 Å². The van der Waals surface area contributed by atoms with E-state index >= 15 is 0 Å². The maximum atomic E-state index is 5.95. The number of aromatic nitrogens is 2. The first-order valence-corrected chi connectivity index (χ1v) is 9.48. The lowest BCUT2D eigenvalue weighted by Crippen LogP contribution is -2.53. The first kappa shape index (κ1) is 23.0. The van der Waals surface area contributed by atoms with E-state index in [1.807, 2.05) is 44.3 Å². The zero-order valence-corrected chi connectivity index (χ0v) is 19.4. The maximum absolute atomic E-state index is 5.95. The fraction of sp³-hybridized carbons (Fsp3) is 0.450. The molecule has 29 heavy (non-hydrogen) atoms. The van der Waals surface area contributed by atoms with E-state index in [4.69, 9.17) is 9.47 Å². The summed E-state index contributed by atoms with van der Waals surface area (Å²) >= 11 is 0. The summed E-state index contributed by atoms with van der Waals surface area (Å²) in [6.45, 7) is 6.17. The molecule has 1 aliphatic heterocycles.